The fourth-order valence-electron chi connectivity index (χ4n) is 2.80. The molecule has 2 heterocycles. The van der Waals surface area contributed by atoms with E-state index in [4.69, 9.17) is 4.42 Å². The Morgan fingerprint density at radius 1 is 1.17 bits per heavy atom. The summed E-state index contributed by atoms with van der Waals surface area (Å²) in [4.78, 5) is 15.5. The highest BCUT2D eigenvalue weighted by molar-refractivity contribution is 8.03. The van der Waals surface area contributed by atoms with Gasteiger partial charge in [-0.15, -0.1) is 11.8 Å². The number of hydrogen-bond acceptors (Lipinski definition) is 4. The van der Waals surface area contributed by atoms with Crippen LogP contribution in [0.1, 0.15) is 75.3 Å². The summed E-state index contributed by atoms with van der Waals surface area (Å²) >= 11 is 1.87. The van der Waals surface area contributed by atoms with Gasteiger partial charge in [-0.1, -0.05) is 51.9 Å². The molecular weight excluding hydrogens is 306 g/mol. The molecule has 0 fully saturated rings. The summed E-state index contributed by atoms with van der Waals surface area (Å²) in [5.41, 5.74) is 0. The monoisotopic (exact) mass is 335 g/mol. The van der Waals surface area contributed by atoms with Gasteiger partial charge in [0.25, 0.3) is 0 Å². The first-order valence-corrected chi connectivity index (χ1v) is 9.92. The predicted molar refractivity (Wildman–Crippen MR) is 97.5 cm³/mol. The first-order chi connectivity index (χ1) is 11.3. The van der Waals surface area contributed by atoms with E-state index in [0.29, 0.717) is 12.3 Å². The third-order valence-corrected chi connectivity index (χ3v) is 5.30. The molecule has 1 aromatic rings. The molecule has 23 heavy (non-hydrogen) atoms. The molecule has 0 unspecified atom stereocenters. The molecule has 2 rings (SSSR count). The molecule has 0 saturated carbocycles. The van der Waals surface area contributed by atoms with Gasteiger partial charge in [0, 0.05) is 11.1 Å². The van der Waals surface area contributed by atoms with Gasteiger partial charge in [0.1, 0.15) is 0 Å². The van der Waals surface area contributed by atoms with E-state index in [9.17, 15) is 4.79 Å². The molecule has 1 aromatic heterocycles. The number of allylic oxidation sites excluding steroid dienone is 1. The maximum Gasteiger partial charge on any atom is 0.217 e. The lowest BCUT2D eigenvalue weighted by atomic mass is 10.1. The number of hydrogen-bond donors (Lipinski definition) is 0. The zero-order valence-corrected chi connectivity index (χ0v) is 15.1. The second-order valence-corrected chi connectivity index (χ2v) is 7.31. The third kappa shape index (κ3) is 6.86. The fourth-order valence-corrected chi connectivity index (χ4v) is 3.81. The lowest BCUT2D eigenvalue weighted by Crippen LogP contribution is -2.22. The van der Waals surface area contributed by atoms with Crippen LogP contribution in [0.15, 0.2) is 33.9 Å². The smallest absolute Gasteiger partial charge is 0.217 e. The van der Waals surface area contributed by atoms with E-state index in [1.165, 1.54) is 56.3 Å². The van der Waals surface area contributed by atoms with Crippen molar-refractivity contribution in [3.63, 3.8) is 0 Å². The van der Waals surface area contributed by atoms with Gasteiger partial charge in [0.15, 0.2) is 5.76 Å². The first-order valence-electron chi connectivity index (χ1n) is 8.94. The van der Waals surface area contributed by atoms with Crippen molar-refractivity contribution < 1.29 is 9.21 Å². The van der Waals surface area contributed by atoms with E-state index >= 15 is 0 Å². The summed E-state index contributed by atoms with van der Waals surface area (Å²) in [6, 6.07) is 3.49. The SMILES string of the molecule is CCCCCCCCCCC1=CN(CC(=O)c2ccco2)CS1. The summed E-state index contributed by atoms with van der Waals surface area (Å²) < 4.78 is 5.16. The normalized spacial score (nSPS) is 14.3. The van der Waals surface area contributed by atoms with E-state index in [1.807, 2.05) is 11.8 Å². The van der Waals surface area contributed by atoms with Crippen LogP contribution in [0, 0.1) is 0 Å². The van der Waals surface area contributed by atoms with Crippen LogP contribution in [0.25, 0.3) is 0 Å². The standard InChI is InChI=1S/C19H29NO2S/c1-2-3-4-5-6-7-8-9-11-17-14-20(16-23-17)15-18(21)19-12-10-13-22-19/h10,12-14H,2-9,11,15-16H2,1H3. The average molecular weight is 336 g/mol. The van der Waals surface area contributed by atoms with Gasteiger partial charge in [-0.3, -0.25) is 4.79 Å². The quantitative estimate of drug-likeness (QED) is 0.355. The third-order valence-electron chi connectivity index (χ3n) is 4.16. The minimum Gasteiger partial charge on any atom is -0.461 e. The molecule has 1 aliphatic rings. The number of unbranched alkanes of at least 4 members (excludes halogenated alkanes) is 7. The molecule has 0 bridgehead atoms. The Kier molecular flexibility index (Phi) is 8.37. The molecule has 0 saturated heterocycles. The number of ketones is 1. The first kappa shape index (κ1) is 18.2. The summed E-state index contributed by atoms with van der Waals surface area (Å²) in [7, 11) is 0. The molecule has 0 aromatic carbocycles. The van der Waals surface area contributed by atoms with Crippen LogP contribution in [0.4, 0.5) is 0 Å². The summed E-state index contributed by atoms with van der Waals surface area (Å²) in [6.07, 6.45) is 15.7. The average Bonchev–Trinajstić information content (AvgIpc) is 3.21. The molecule has 1 aliphatic heterocycles. The Morgan fingerprint density at radius 2 is 1.91 bits per heavy atom. The van der Waals surface area contributed by atoms with Gasteiger partial charge in [0.2, 0.25) is 5.78 Å². The molecule has 0 N–H and O–H groups in total. The highest BCUT2D eigenvalue weighted by Gasteiger charge is 2.17. The van der Waals surface area contributed by atoms with Crippen molar-refractivity contribution in [2.75, 3.05) is 12.4 Å². The number of carbonyl (C=O) groups excluding carboxylic acids is 1. The van der Waals surface area contributed by atoms with Gasteiger partial charge in [-0.25, -0.2) is 0 Å². The van der Waals surface area contributed by atoms with Crippen LogP contribution >= 0.6 is 11.8 Å². The van der Waals surface area contributed by atoms with Crippen molar-refractivity contribution in [1.82, 2.24) is 4.90 Å². The van der Waals surface area contributed by atoms with Crippen molar-refractivity contribution >= 4 is 17.5 Å². The molecule has 0 atom stereocenters. The molecule has 3 nitrogen and oxygen atoms in total. The van der Waals surface area contributed by atoms with E-state index in [1.54, 1.807) is 18.4 Å². The molecule has 0 spiro atoms. The minimum atomic E-state index is 0.0557. The van der Waals surface area contributed by atoms with Gasteiger partial charge in [0.05, 0.1) is 18.7 Å². The molecule has 0 radical (unpaired) electrons. The van der Waals surface area contributed by atoms with Crippen molar-refractivity contribution in [1.29, 1.82) is 0 Å². The second-order valence-electron chi connectivity index (χ2n) is 6.24. The second kappa shape index (κ2) is 10.6. The summed E-state index contributed by atoms with van der Waals surface area (Å²) in [5.74, 6) is 1.40. The summed E-state index contributed by atoms with van der Waals surface area (Å²) in [6.45, 7) is 2.68. The Balaban J connectivity index is 1.55. The van der Waals surface area contributed by atoms with Crippen LogP contribution in [0.2, 0.25) is 0 Å². The number of nitrogens with zero attached hydrogens (tertiary/aromatic N) is 1. The summed E-state index contributed by atoms with van der Waals surface area (Å²) in [5, 5.41) is 0. The number of thioether (sulfide) groups is 1. The lowest BCUT2D eigenvalue weighted by molar-refractivity contribution is 0.0936. The Morgan fingerprint density at radius 3 is 2.61 bits per heavy atom. The molecule has 128 valence electrons. The highest BCUT2D eigenvalue weighted by Crippen LogP contribution is 2.30. The molecular formula is C19H29NO2S. The lowest BCUT2D eigenvalue weighted by Gasteiger charge is -2.11. The van der Waals surface area contributed by atoms with E-state index in [0.717, 1.165) is 12.3 Å². The van der Waals surface area contributed by atoms with E-state index in [2.05, 4.69) is 18.0 Å². The molecule has 0 amide bonds. The highest BCUT2D eigenvalue weighted by atomic mass is 32.2. The Labute approximate surface area is 144 Å². The van der Waals surface area contributed by atoms with Gasteiger partial charge >= 0.3 is 0 Å². The largest absolute Gasteiger partial charge is 0.461 e. The van der Waals surface area contributed by atoms with Crippen LogP contribution in [0.3, 0.4) is 0 Å². The topological polar surface area (TPSA) is 33.5 Å². The van der Waals surface area contributed by atoms with Crippen molar-refractivity contribution in [2.24, 2.45) is 0 Å². The number of carbonyl (C=O) groups is 1. The van der Waals surface area contributed by atoms with E-state index < -0.39 is 0 Å². The van der Waals surface area contributed by atoms with Crippen LogP contribution < -0.4 is 0 Å². The Hall–Kier alpha value is -1.16. The fraction of sp³-hybridized carbons (Fsp3) is 0.632. The van der Waals surface area contributed by atoms with Gasteiger partial charge < -0.3 is 9.32 Å². The predicted octanol–water partition coefficient (Wildman–Crippen LogP) is 5.84. The van der Waals surface area contributed by atoms with Crippen molar-refractivity contribution in [2.45, 2.75) is 64.7 Å². The maximum atomic E-state index is 12.0. The molecule has 0 aliphatic carbocycles. The number of rotatable bonds is 12. The van der Waals surface area contributed by atoms with Crippen LogP contribution in [-0.2, 0) is 0 Å². The Bertz CT molecular complexity index is 482. The zero-order valence-electron chi connectivity index (χ0n) is 14.3. The van der Waals surface area contributed by atoms with Crippen LogP contribution in [0.5, 0.6) is 0 Å². The number of furan rings is 1. The van der Waals surface area contributed by atoms with Gasteiger partial charge in [-0.05, 0) is 25.0 Å². The maximum absolute atomic E-state index is 12.0. The number of Topliss-reactive ketones (excluding diaryl/α,β-unsaturated/α-hetero) is 1. The van der Waals surface area contributed by atoms with Crippen molar-refractivity contribution in [3.05, 3.63) is 35.3 Å². The molecule has 4 heteroatoms. The minimum absolute atomic E-state index is 0.0557. The van der Waals surface area contributed by atoms with Gasteiger partial charge in [-0.2, -0.15) is 0 Å². The zero-order chi connectivity index (χ0) is 16.3. The van der Waals surface area contributed by atoms with Crippen molar-refractivity contribution in [3.8, 4) is 0 Å². The van der Waals surface area contributed by atoms with E-state index in [-0.39, 0.29) is 5.78 Å². The van der Waals surface area contributed by atoms with Crippen LogP contribution in [-0.4, -0.2) is 23.1 Å².